The molecule has 0 unspecified atom stereocenters. The van der Waals surface area contributed by atoms with Crippen LogP contribution in [0.25, 0.3) is 0 Å². The zero-order valence-corrected chi connectivity index (χ0v) is 12.6. The van der Waals surface area contributed by atoms with Crippen molar-refractivity contribution in [2.75, 3.05) is 12.4 Å². The van der Waals surface area contributed by atoms with Crippen molar-refractivity contribution in [2.24, 2.45) is 0 Å². The lowest BCUT2D eigenvalue weighted by molar-refractivity contribution is -0.142. The Morgan fingerprint density at radius 1 is 1.48 bits per heavy atom. The molecule has 0 aliphatic heterocycles. The number of methoxy groups -OCH3 is 1. The van der Waals surface area contributed by atoms with E-state index in [0.717, 1.165) is 0 Å². The quantitative estimate of drug-likeness (QED) is 0.885. The molecule has 7 heteroatoms. The van der Waals surface area contributed by atoms with Crippen LogP contribution in [0.1, 0.15) is 19.5 Å². The third kappa shape index (κ3) is 3.13. The van der Waals surface area contributed by atoms with Gasteiger partial charge in [-0.3, -0.25) is 4.79 Å². The van der Waals surface area contributed by atoms with Crippen molar-refractivity contribution in [2.45, 2.75) is 19.3 Å². The monoisotopic (exact) mass is 310 g/mol. The SMILES string of the molecule is COc1cc(F)ccc1Nc1nc(C(C)(C)C(=O)O)cs1. The van der Waals surface area contributed by atoms with Gasteiger partial charge in [0.05, 0.1) is 18.5 Å². The molecule has 0 atom stereocenters. The van der Waals surface area contributed by atoms with Crippen molar-refractivity contribution in [3.05, 3.63) is 35.1 Å². The van der Waals surface area contributed by atoms with Crippen LogP contribution in [-0.2, 0) is 10.2 Å². The Labute approximate surface area is 125 Å². The lowest BCUT2D eigenvalue weighted by Gasteiger charge is -2.15. The minimum Gasteiger partial charge on any atom is -0.494 e. The van der Waals surface area contributed by atoms with E-state index in [9.17, 15) is 14.3 Å². The number of anilines is 2. The number of hydrogen-bond donors (Lipinski definition) is 2. The summed E-state index contributed by atoms with van der Waals surface area (Å²) < 4.78 is 18.2. The van der Waals surface area contributed by atoms with Crippen LogP contribution in [0.15, 0.2) is 23.6 Å². The summed E-state index contributed by atoms with van der Waals surface area (Å²) >= 11 is 1.28. The second kappa shape index (κ2) is 5.69. The fourth-order valence-corrected chi connectivity index (χ4v) is 2.50. The van der Waals surface area contributed by atoms with Gasteiger partial charge in [-0.2, -0.15) is 0 Å². The smallest absolute Gasteiger partial charge is 0.315 e. The minimum absolute atomic E-state index is 0.351. The molecule has 0 saturated carbocycles. The molecular weight excluding hydrogens is 295 g/mol. The highest BCUT2D eigenvalue weighted by Gasteiger charge is 2.32. The Balaban J connectivity index is 2.26. The molecule has 112 valence electrons. The summed E-state index contributed by atoms with van der Waals surface area (Å²) in [5.74, 6) is -0.993. The molecule has 0 bridgehead atoms. The highest BCUT2D eigenvalue weighted by molar-refractivity contribution is 7.13. The molecule has 0 radical (unpaired) electrons. The average molecular weight is 310 g/mol. The number of thiazole rings is 1. The van der Waals surface area contributed by atoms with Crippen molar-refractivity contribution < 1.29 is 19.0 Å². The van der Waals surface area contributed by atoms with Gasteiger partial charge >= 0.3 is 5.97 Å². The van der Waals surface area contributed by atoms with Gasteiger partial charge in [0, 0.05) is 11.4 Å². The van der Waals surface area contributed by atoms with Gasteiger partial charge in [-0.1, -0.05) is 0 Å². The fourth-order valence-electron chi connectivity index (χ4n) is 1.61. The third-order valence-corrected chi connectivity index (χ3v) is 3.84. The van der Waals surface area contributed by atoms with Crippen LogP contribution in [0.4, 0.5) is 15.2 Å². The summed E-state index contributed by atoms with van der Waals surface area (Å²) in [4.78, 5) is 15.5. The van der Waals surface area contributed by atoms with E-state index in [1.807, 2.05) is 0 Å². The van der Waals surface area contributed by atoms with Gasteiger partial charge in [0.2, 0.25) is 0 Å². The predicted octanol–water partition coefficient (Wildman–Crippen LogP) is 3.40. The molecule has 1 aromatic carbocycles. The van der Waals surface area contributed by atoms with Crippen molar-refractivity contribution in [3.63, 3.8) is 0 Å². The number of aliphatic carboxylic acids is 1. The standard InChI is InChI=1S/C14H15FN2O3S/c1-14(2,12(18)19)11-7-21-13(17-11)16-9-5-4-8(15)6-10(9)20-3/h4-7H,1-3H3,(H,16,17)(H,18,19). The Bertz CT molecular complexity index is 670. The normalized spacial score (nSPS) is 11.2. The molecule has 0 aliphatic rings. The Kier molecular flexibility index (Phi) is 4.13. The zero-order valence-electron chi connectivity index (χ0n) is 11.8. The second-order valence-electron chi connectivity index (χ2n) is 4.94. The number of hydrogen-bond acceptors (Lipinski definition) is 5. The fraction of sp³-hybridized carbons (Fsp3) is 0.286. The number of nitrogens with zero attached hydrogens (tertiary/aromatic N) is 1. The molecular formula is C14H15FN2O3S. The number of carboxylic acids is 1. The van der Waals surface area contributed by atoms with E-state index >= 15 is 0 Å². The molecule has 0 aliphatic carbocycles. The van der Waals surface area contributed by atoms with Gasteiger partial charge < -0.3 is 15.2 Å². The molecule has 0 fully saturated rings. The van der Waals surface area contributed by atoms with E-state index in [-0.39, 0.29) is 0 Å². The van der Waals surface area contributed by atoms with Crippen LogP contribution >= 0.6 is 11.3 Å². The van der Waals surface area contributed by atoms with Gasteiger partial charge in [0.1, 0.15) is 17.0 Å². The molecule has 0 amide bonds. The summed E-state index contributed by atoms with van der Waals surface area (Å²) in [5, 5.41) is 14.4. The maximum absolute atomic E-state index is 13.1. The number of benzene rings is 1. The molecule has 1 heterocycles. The van der Waals surface area contributed by atoms with Gasteiger partial charge in [-0.15, -0.1) is 11.3 Å². The summed E-state index contributed by atoms with van der Waals surface area (Å²) in [6, 6.07) is 4.11. The summed E-state index contributed by atoms with van der Waals surface area (Å²) in [7, 11) is 1.45. The van der Waals surface area contributed by atoms with Crippen molar-refractivity contribution in [3.8, 4) is 5.75 Å². The first-order valence-electron chi connectivity index (χ1n) is 6.14. The number of nitrogens with one attached hydrogen (secondary N) is 1. The van der Waals surface area contributed by atoms with E-state index in [4.69, 9.17) is 4.74 Å². The van der Waals surface area contributed by atoms with Gasteiger partial charge in [0.15, 0.2) is 5.13 Å². The van der Waals surface area contributed by atoms with E-state index in [0.29, 0.717) is 22.3 Å². The number of halogens is 1. The summed E-state index contributed by atoms with van der Waals surface area (Å²) in [5.41, 5.74) is -0.0416. The Hall–Kier alpha value is -2.15. The molecule has 21 heavy (non-hydrogen) atoms. The first kappa shape index (κ1) is 15.2. The van der Waals surface area contributed by atoms with Crippen LogP contribution in [-0.4, -0.2) is 23.2 Å². The Morgan fingerprint density at radius 2 is 2.19 bits per heavy atom. The van der Waals surface area contributed by atoms with Crippen LogP contribution in [0.2, 0.25) is 0 Å². The van der Waals surface area contributed by atoms with Crippen molar-refractivity contribution in [1.82, 2.24) is 4.98 Å². The highest BCUT2D eigenvalue weighted by atomic mass is 32.1. The summed E-state index contributed by atoms with van der Waals surface area (Å²) in [6.07, 6.45) is 0. The summed E-state index contributed by atoms with van der Waals surface area (Å²) in [6.45, 7) is 3.18. The van der Waals surface area contributed by atoms with Crippen LogP contribution < -0.4 is 10.1 Å². The van der Waals surface area contributed by atoms with Gasteiger partial charge in [0.25, 0.3) is 0 Å². The number of carbonyl (C=O) groups is 1. The first-order chi connectivity index (χ1) is 9.84. The maximum atomic E-state index is 13.1. The highest BCUT2D eigenvalue weighted by Crippen LogP contribution is 2.32. The topological polar surface area (TPSA) is 71.5 Å². The lowest BCUT2D eigenvalue weighted by atomic mass is 9.90. The van der Waals surface area contributed by atoms with E-state index < -0.39 is 17.2 Å². The molecule has 2 aromatic rings. The number of ether oxygens (including phenoxy) is 1. The van der Waals surface area contributed by atoms with E-state index in [2.05, 4.69) is 10.3 Å². The molecule has 2 N–H and O–H groups in total. The van der Waals surface area contributed by atoms with Crippen LogP contribution in [0.5, 0.6) is 5.75 Å². The Morgan fingerprint density at radius 3 is 2.81 bits per heavy atom. The van der Waals surface area contributed by atoms with Gasteiger partial charge in [-0.05, 0) is 26.0 Å². The molecule has 2 rings (SSSR count). The number of aromatic nitrogens is 1. The number of rotatable bonds is 5. The maximum Gasteiger partial charge on any atom is 0.315 e. The van der Waals surface area contributed by atoms with E-state index in [1.54, 1.807) is 19.2 Å². The zero-order chi connectivity index (χ0) is 15.6. The third-order valence-electron chi connectivity index (χ3n) is 3.08. The number of carboxylic acid groups (broad SMARTS) is 1. The van der Waals surface area contributed by atoms with E-state index in [1.165, 1.54) is 36.6 Å². The predicted molar refractivity (Wildman–Crippen MR) is 79.0 cm³/mol. The second-order valence-corrected chi connectivity index (χ2v) is 5.80. The lowest BCUT2D eigenvalue weighted by Crippen LogP contribution is -2.28. The average Bonchev–Trinajstić information content (AvgIpc) is 2.89. The molecule has 5 nitrogen and oxygen atoms in total. The first-order valence-corrected chi connectivity index (χ1v) is 7.02. The van der Waals surface area contributed by atoms with Crippen LogP contribution in [0.3, 0.4) is 0 Å². The van der Waals surface area contributed by atoms with Gasteiger partial charge in [-0.25, -0.2) is 9.37 Å². The largest absolute Gasteiger partial charge is 0.494 e. The molecule has 0 saturated heterocycles. The van der Waals surface area contributed by atoms with Crippen LogP contribution in [0, 0.1) is 5.82 Å². The molecule has 0 spiro atoms. The molecule has 1 aromatic heterocycles. The van der Waals surface area contributed by atoms with Crippen molar-refractivity contribution in [1.29, 1.82) is 0 Å². The van der Waals surface area contributed by atoms with Crippen molar-refractivity contribution >= 4 is 28.1 Å². The minimum atomic E-state index is -1.07.